The van der Waals surface area contributed by atoms with E-state index in [4.69, 9.17) is 14.0 Å². The molecule has 0 saturated heterocycles. The summed E-state index contributed by atoms with van der Waals surface area (Å²) in [6.45, 7) is 1.47. The van der Waals surface area contributed by atoms with E-state index in [0.29, 0.717) is 28.4 Å². The molecule has 0 aliphatic rings. The van der Waals surface area contributed by atoms with E-state index in [-0.39, 0.29) is 5.78 Å². The van der Waals surface area contributed by atoms with Crippen molar-refractivity contribution in [3.63, 3.8) is 0 Å². The molecule has 5 nitrogen and oxygen atoms in total. The van der Waals surface area contributed by atoms with E-state index in [2.05, 4.69) is 5.16 Å². The molecule has 2 rings (SSSR count). The summed E-state index contributed by atoms with van der Waals surface area (Å²) in [5.74, 6) is 1.55. The average molecular weight is 247 g/mol. The number of Topliss-reactive ketones (excluding diaryl/α,β-unsaturated/α-hetero) is 1. The molecule has 0 N–H and O–H groups in total. The van der Waals surface area contributed by atoms with Gasteiger partial charge in [-0.3, -0.25) is 4.79 Å². The lowest BCUT2D eigenvalue weighted by atomic mass is 10.1. The van der Waals surface area contributed by atoms with Gasteiger partial charge in [-0.05, 0) is 19.1 Å². The van der Waals surface area contributed by atoms with Crippen molar-refractivity contribution < 1.29 is 18.8 Å². The van der Waals surface area contributed by atoms with E-state index >= 15 is 0 Å². The molecule has 1 aromatic heterocycles. The van der Waals surface area contributed by atoms with Gasteiger partial charge >= 0.3 is 0 Å². The normalized spacial score (nSPS) is 10.2. The summed E-state index contributed by atoms with van der Waals surface area (Å²) in [6.07, 6.45) is 1.41. The third kappa shape index (κ3) is 2.20. The Morgan fingerprint density at radius 1 is 1.17 bits per heavy atom. The van der Waals surface area contributed by atoms with Crippen molar-refractivity contribution in [3.8, 4) is 22.8 Å². The average Bonchev–Trinajstić information content (AvgIpc) is 2.87. The van der Waals surface area contributed by atoms with E-state index in [1.54, 1.807) is 32.4 Å². The van der Waals surface area contributed by atoms with E-state index < -0.39 is 0 Å². The van der Waals surface area contributed by atoms with Crippen LogP contribution in [0.25, 0.3) is 11.3 Å². The zero-order chi connectivity index (χ0) is 13.1. The summed E-state index contributed by atoms with van der Waals surface area (Å²) >= 11 is 0. The van der Waals surface area contributed by atoms with Crippen LogP contribution in [0, 0.1) is 0 Å². The van der Waals surface area contributed by atoms with Crippen molar-refractivity contribution in [3.05, 3.63) is 30.0 Å². The summed E-state index contributed by atoms with van der Waals surface area (Å²) in [5, 5.41) is 3.65. The molecule has 0 aliphatic heterocycles. The first kappa shape index (κ1) is 12.2. The van der Waals surface area contributed by atoms with Crippen LogP contribution in [-0.4, -0.2) is 25.2 Å². The third-order valence-corrected chi connectivity index (χ3v) is 2.56. The largest absolute Gasteiger partial charge is 0.497 e. The lowest BCUT2D eigenvalue weighted by Gasteiger charge is -2.07. The SMILES string of the molecule is COc1cc(OC)cc(-c2oncc2C(C)=O)c1. The topological polar surface area (TPSA) is 61.6 Å². The number of hydrogen-bond donors (Lipinski definition) is 0. The molecule has 2 aromatic rings. The Morgan fingerprint density at radius 3 is 2.28 bits per heavy atom. The number of carbonyl (C=O) groups is 1. The van der Waals surface area contributed by atoms with Crippen molar-refractivity contribution in [2.24, 2.45) is 0 Å². The van der Waals surface area contributed by atoms with E-state index in [1.165, 1.54) is 13.1 Å². The number of rotatable bonds is 4. The smallest absolute Gasteiger partial charge is 0.177 e. The number of hydrogen-bond acceptors (Lipinski definition) is 5. The van der Waals surface area contributed by atoms with Gasteiger partial charge in [0.15, 0.2) is 11.5 Å². The summed E-state index contributed by atoms with van der Waals surface area (Å²) in [5.41, 5.74) is 1.12. The molecule has 0 radical (unpaired) electrons. The van der Waals surface area contributed by atoms with Crippen molar-refractivity contribution in [1.82, 2.24) is 5.16 Å². The molecular formula is C13H13NO4. The Morgan fingerprint density at radius 2 is 1.78 bits per heavy atom. The van der Waals surface area contributed by atoms with Gasteiger partial charge in [0.1, 0.15) is 11.5 Å². The van der Waals surface area contributed by atoms with Gasteiger partial charge in [0.25, 0.3) is 0 Å². The van der Waals surface area contributed by atoms with Crippen molar-refractivity contribution in [2.45, 2.75) is 6.92 Å². The van der Waals surface area contributed by atoms with Gasteiger partial charge in [0.2, 0.25) is 0 Å². The number of benzene rings is 1. The van der Waals surface area contributed by atoms with Gasteiger partial charge in [-0.2, -0.15) is 0 Å². The number of carbonyl (C=O) groups excluding carboxylic acids is 1. The Kier molecular flexibility index (Phi) is 3.32. The number of nitrogens with zero attached hydrogens (tertiary/aromatic N) is 1. The molecular weight excluding hydrogens is 234 g/mol. The highest BCUT2D eigenvalue weighted by atomic mass is 16.5. The highest BCUT2D eigenvalue weighted by Gasteiger charge is 2.16. The van der Waals surface area contributed by atoms with Crippen LogP contribution < -0.4 is 9.47 Å². The van der Waals surface area contributed by atoms with E-state index in [0.717, 1.165) is 0 Å². The minimum absolute atomic E-state index is 0.104. The zero-order valence-corrected chi connectivity index (χ0v) is 10.4. The number of methoxy groups -OCH3 is 2. The van der Waals surface area contributed by atoms with Crippen LogP contribution in [0.15, 0.2) is 28.9 Å². The fraction of sp³-hybridized carbons (Fsp3) is 0.231. The highest BCUT2D eigenvalue weighted by molar-refractivity contribution is 5.99. The Labute approximate surface area is 104 Å². The van der Waals surface area contributed by atoms with Gasteiger partial charge in [-0.15, -0.1) is 0 Å². The molecule has 1 aromatic carbocycles. The Bertz CT molecular complexity index is 552. The summed E-state index contributed by atoms with van der Waals surface area (Å²) in [4.78, 5) is 11.4. The molecule has 0 aliphatic carbocycles. The maximum absolute atomic E-state index is 11.4. The number of ether oxygens (including phenoxy) is 2. The molecule has 1 heterocycles. The van der Waals surface area contributed by atoms with Crippen molar-refractivity contribution >= 4 is 5.78 Å². The molecule has 0 amide bonds. The van der Waals surface area contributed by atoms with Gasteiger partial charge in [-0.1, -0.05) is 5.16 Å². The first-order valence-electron chi connectivity index (χ1n) is 5.34. The second-order valence-electron chi connectivity index (χ2n) is 3.73. The molecule has 18 heavy (non-hydrogen) atoms. The molecule has 0 atom stereocenters. The van der Waals surface area contributed by atoms with Crippen molar-refractivity contribution in [1.29, 1.82) is 0 Å². The van der Waals surface area contributed by atoms with Crippen LogP contribution in [0.2, 0.25) is 0 Å². The Balaban J connectivity index is 2.55. The number of aromatic nitrogens is 1. The van der Waals surface area contributed by atoms with Crippen LogP contribution in [0.3, 0.4) is 0 Å². The monoisotopic (exact) mass is 247 g/mol. The molecule has 5 heteroatoms. The first-order valence-corrected chi connectivity index (χ1v) is 5.34. The maximum Gasteiger partial charge on any atom is 0.177 e. The molecule has 0 fully saturated rings. The predicted octanol–water partition coefficient (Wildman–Crippen LogP) is 2.56. The standard InChI is InChI=1S/C13H13NO4/c1-8(15)12-7-14-18-13(12)9-4-10(16-2)6-11(5-9)17-3/h4-7H,1-3H3. The first-order chi connectivity index (χ1) is 8.65. The van der Waals surface area contributed by atoms with Crippen LogP contribution in [0.5, 0.6) is 11.5 Å². The van der Waals surface area contributed by atoms with Gasteiger partial charge < -0.3 is 14.0 Å². The third-order valence-electron chi connectivity index (χ3n) is 2.56. The number of ketones is 1. The minimum atomic E-state index is -0.104. The molecule has 0 spiro atoms. The van der Waals surface area contributed by atoms with Gasteiger partial charge in [0.05, 0.1) is 26.0 Å². The molecule has 0 unspecified atom stereocenters. The highest BCUT2D eigenvalue weighted by Crippen LogP contribution is 2.31. The minimum Gasteiger partial charge on any atom is -0.497 e. The van der Waals surface area contributed by atoms with Crippen LogP contribution >= 0.6 is 0 Å². The fourth-order valence-corrected chi connectivity index (χ4v) is 1.64. The second-order valence-corrected chi connectivity index (χ2v) is 3.73. The fourth-order valence-electron chi connectivity index (χ4n) is 1.64. The summed E-state index contributed by atoms with van der Waals surface area (Å²) in [6, 6.07) is 5.26. The lowest BCUT2D eigenvalue weighted by molar-refractivity contribution is 0.101. The second kappa shape index (κ2) is 4.91. The summed E-state index contributed by atoms with van der Waals surface area (Å²) < 4.78 is 15.5. The Hall–Kier alpha value is -2.30. The molecule has 0 bridgehead atoms. The maximum atomic E-state index is 11.4. The molecule has 94 valence electrons. The lowest BCUT2D eigenvalue weighted by Crippen LogP contribution is -1.93. The quantitative estimate of drug-likeness (QED) is 0.777. The van der Waals surface area contributed by atoms with Crippen LogP contribution in [0.4, 0.5) is 0 Å². The zero-order valence-electron chi connectivity index (χ0n) is 10.4. The van der Waals surface area contributed by atoms with Crippen molar-refractivity contribution in [2.75, 3.05) is 14.2 Å². The van der Waals surface area contributed by atoms with Crippen LogP contribution in [-0.2, 0) is 0 Å². The van der Waals surface area contributed by atoms with E-state index in [9.17, 15) is 4.79 Å². The molecule has 0 saturated carbocycles. The predicted molar refractivity (Wildman–Crippen MR) is 65.0 cm³/mol. The van der Waals surface area contributed by atoms with E-state index in [1.807, 2.05) is 0 Å². The van der Waals surface area contributed by atoms with Gasteiger partial charge in [-0.25, -0.2) is 0 Å². The van der Waals surface area contributed by atoms with Gasteiger partial charge in [0, 0.05) is 11.6 Å². The summed E-state index contributed by atoms with van der Waals surface area (Å²) in [7, 11) is 3.12. The van der Waals surface area contributed by atoms with Crippen LogP contribution in [0.1, 0.15) is 17.3 Å².